The lowest BCUT2D eigenvalue weighted by Gasteiger charge is -2.13. The third kappa shape index (κ3) is 3.08. The molecule has 0 saturated heterocycles. The number of nitrogens with two attached hydrogens (primary N) is 1. The van der Waals surface area contributed by atoms with E-state index in [0.717, 1.165) is 0 Å². The molecule has 2 rings (SSSR count). The van der Waals surface area contributed by atoms with Gasteiger partial charge in [-0.05, 0) is 46.6 Å². The molecule has 100 valence electrons. The lowest BCUT2D eigenvalue weighted by atomic mass is 10.3. The molecule has 2 aromatic rings. The maximum Gasteiger partial charge on any atom is 0.224 e. The Morgan fingerprint density at radius 2 is 2.00 bits per heavy atom. The van der Waals surface area contributed by atoms with Crippen LogP contribution < -0.4 is 11.1 Å². The quantitative estimate of drug-likeness (QED) is 0.778. The van der Waals surface area contributed by atoms with Gasteiger partial charge in [0, 0.05) is 4.47 Å². The summed E-state index contributed by atoms with van der Waals surface area (Å²) in [5.74, 6) is -0.140. The fourth-order valence-electron chi connectivity index (χ4n) is 1.42. The van der Waals surface area contributed by atoms with Gasteiger partial charge >= 0.3 is 0 Å². The smallest absolute Gasteiger partial charge is 0.224 e. The van der Waals surface area contributed by atoms with E-state index in [2.05, 4.69) is 31.2 Å². The molecular weight excluding hydrogens is 358 g/mol. The average Bonchev–Trinajstić information content (AvgIpc) is 2.29. The maximum absolute atomic E-state index is 13.1. The molecule has 0 atom stereocenters. The molecular formula is C11H8BrCl2FN4. The van der Waals surface area contributed by atoms with Crippen molar-refractivity contribution in [1.82, 2.24) is 9.97 Å². The largest absolute Gasteiger partial charge is 0.394 e. The van der Waals surface area contributed by atoms with Crippen LogP contribution in [0.4, 0.5) is 21.6 Å². The van der Waals surface area contributed by atoms with E-state index in [1.54, 1.807) is 6.92 Å². The van der Waals surface area contributed by atoms with Crippen LogP contribution in [0.3, 0.4) is 0 Å². The number of nitrogen functional groups attached to an aromatic ring is 1. The first-order valence-corrected chi connectivity index (χ1v) is 6.64. The van der Waals surface area contributed by atoms with Gasteiger partial charge in [0.25, 0.3) is 0 Å². The number of rotatable bonds is 2. The van der Waals surface area contributed by atoms with E-state index in [1.807, 2.05) is 0 Å². The molecule has 0 spiro atoms. The molecule has 0 aliphatic carbocycles. The van der Waals surface area contributed by atoms with Crippen molar-refractivity contribution in [3.8, 4) is 0 Å². The highest BCUT2D eigenvalue weighted by Gasteiger charge is 2.13. The molecule has 1 aromatic heterocycles. The van der Waals surface area contributed by atoms with Crippen molar-refractivity contribution in [2.24, 2.45) is 0 Å². The van der Waals surface area contributed by atoms with Crippen molar-refractivity contribution < 1.29 is 4.39 Å². The van der Waals surface area contributed by atoms with Gasteiger partial charge in [-0.3, -0.25) is 0 Å². The predicted molar refractivity (Wildman–Crippen MR) is 78.6 cm³/mol. The minimum atomic E-state index is -0.452. The van der Waals surface area contributed by atoms with Crippen molar-refractivity contribution >= 4 is 56.3 Å². The van der Waals surface area contributed by atoms with E-state index in [-0.39, 0.29) is 10.3 Å². The van der Waals surface area contributed by atoms with Crippen LogP contribution in [-0.4, -0.2) is 9.97 Å². The number of benzene rings is 1. The number of halogens is 4. The van der Waals surface area contributed by atoms with Crippen molar-refractivity contribution in [3.63, 3.8) is 0 Å². The number of nitrogens with zero attached hydrogens (tertiary/aromatic N) is 2. The van der Waals surface area contributed by atoms with Crippen LogP contribution in [0.25, 0.3) is 0 Å². The summed E-state index contributed by atoms with van der Waals surface area (Å²) in [7, 11) is 0. The average molecular weight is 366 g/mol. The molecule has 3 N–H and O–H groups in total. The number of anilines is 3. The Hall–Kier alpha value is -1.11. The van der Waals surface area contributed by atoms with E-state index < -0.39 is 5.82 Å². The second-order valence-corrected chi connectivity index (χ2v) is 5.31. The number of hydrogen-bond donors (Lipinski definition) is 2. The Balaban J connectivity index is 2.48. The highest BCUT2D eigenvalue weighted by Crippen LogP contribution is 2.35. The standard InChI is InChI=1S/C11H8BrCl2FN4/c1-4-8(16)10(19-11(14)17-4)18-9-6(12)2-5(15)3-7(9)13/h2-3H,16H2,1H3,(H,17,18,19). The zero-order chi connectivity index (χ0) is 14.2. The third-order valence-corrected chi connectivity index (χ3v) is 3.45. The Labute approximate surface area is 127 Å². The second-order valence-electron chi connectivity index (χ2n) is 3.71. The summed E-state index contributed by atoms with van der Waals surface area (Å²) in [6.07, 6.45) is 0. The van der Waals surface area contributed by atoms with Crippen LogP contribution in [0.1, 0.15) is 5.69 Å². The summed E-state index contributed by atoms with van der Waals surface area (Å²) >= 11 is 15.0. The molecule has 8 heteroatoms. The van der Waals surface area contributed by atoms with Crippen LogP contribution >= 0.6 is 39.1 Å². The van der Waals surface area contributed by atoms with E-state index in [4.69, 9.17) is 28.9 Å². The Morgan fingerprint density at radius 1 is 1.32 bits per heavy atom. The highest BCUT2D eigenvalue weighted by molar-refractivity contribution is 9.10. The van der Waals surface area contributed by atoms with Gasteiger partial charge in [-0.25, -0.2) is 9.37 Å². The van der Waals surface area contributed by atoms with E-state index in [9.17, 15) is 4.39 Å². The lowest BCUT2D eigenvalue weighted by molar-refractivity contribution is 0.627. The topological polar surface area (TPSA) is 63.8 Å². The zero-order valence-corrected chi connectivity index (χ0v) is 12.7. The third-order valence-electron chi connectivity index (χ3n) is 2.36. The molecule has 4 nitrogen and oxygen atoms in total. The number of hydrogen-bond acceptors (Lipinski definition) is 4. The summed E-state index contributed by atoms with van der Waals surface area (Å²) in [6, 6.07) is 2.46. The van der Waals surface area contributed by atoms with Gasteiger partial charge in [-0.2, -0.15) is 4.98 Å². The van der Waals surface area contributed by atoms with Gasteiger partial charge < -0.3 is 11.1 Å². The van der Waals surface area contributed by atoms with Crippen molar-refractivity contribution in [2.45, 2.75) is 6.92 Å². The minimum absolute atomic E-state index is 0.0588. The fraction of sp³-hybridized carbons (Fsp3) is 0.0909. The Morgan fingerprint density at radius 3 is 2.63 bits per heavy atom. The molecule has 19 heavy (non-hydrogen) atoms. The summed E-state index contributed by atoms with van der Waals surface area (Å²) in [5.41, 5.74) is 7.18. The molecule has 0 saturated carbocycles. The van der Waals surface area contributed by atoms with Crippen LogP contribution in [0.15, 0.2) is 16.6 Å². The molecule has 0 amide bonds. The predicted octanol–water partition coefficient (Wildman–Crippen LogP) is 4.32. The first-order valence-electron chi connectivity index (χ1n) is 5.09. The van der Waals surface area contributed by atoms with Crippen LogP contribution in [0.2, 0.25) is 10.3 Å². The molecule has 0 aliphatic rings. The Bertz CT molecular complexity index is 628. The molecule has 0 aliphatic heterocycles. The summed E-state index contributed by atoms with van der Waals surface area (Å²) < 4.78 is 13.6. The van der Waals surface area contributed by atoms with Gasteiger partial charge in [-0.1, -0.05) is 11.6 Å². The van der Waals surface area contributed by atoms with Gasteiger partial charge in [-0.15, -0.1) is 0 Å². The molecule has 1 heterocycles. The van der Waals surface area contributed by atoms with Crippen LogP contribution in [0, 0.1) is 12.7 Å². The van der Waals surface area contributed by atoms with E-state index in [0.29, 0.717) is 27.4 Å². The number of nitrogens with one attached hydrogen (secondary N) is 1. The normalized spacial score (nSPS) is 10.6. The van der Waals surface area contributed by atoms with Gasteiger partial charge in [0.05, 0.1) is 22.1 Å². The van der Waals surface area contributed by atoms with Gasteiger partial charge in [0.15, 0.2) is 5.82 Å². The fourth-order valence-corrected chi connectivity index (χ4v) is 2.53. The summed E-state index contributed by atoms with van der Waals surface area (Å²) in [4.78, 5) is 7.90. The molecule has 0 bridgehead atoms. The van der Waals surface area contributed by atoms with E-state index >= 15 is 0 Å². The molecule has 1 aromatic carbocycles. The molecule has 0 fully saturated rings. The highest BCUT2D eigenvalue weighted by atomic mass is 79.9. The van der Waals surface area contributed by atoms with Crippen molar-refractivity contribution in [3.05, 3.63) is 38.4 Å². The minimum Gasteiger partial charge on any atom is -0.394 e. The zero-order valence-electron chi connectivity index (χ0n) is 9.64. The van der Waals surface area contributed by atoms with Crippen LogP contribution in [0.5, 0.6) is 0 Å². The number of aryl methyl sites for hydroxylation is 1. The Kier molecular flexibility index (Phi) is 4.13. The van der Waals surface area contributed by atoms with Crippen molar-refractivity contribution in [1.29, 1.82) is 0 Å². The lowest BCUT2D eigenvalue weighted by Crippen LogP contribution is -2.04. The SMILES string of the molecule is Cc1nc(Cl)nc(Nc2c(Cl)cc(F)cc2Br)c1N. The van der Waals surface area contributed by atoms with Gasteiger partial charge in [0.2, 0.25) is 5.28 Å². The van der Waals surface area contributed by atoms with E-state index in [1.165, 1.54) is 12.1 Å². The monoisotopic (exact) mass is 364 g/mol. The molecule has 0 radical (unpaired) electrons. The first-order chi connectivity index (χ1) is 8.88. The first kappa shape index (κ1) is 14.3. The van der Waals surface area contributed by atoms with Crippen LogP contribution in [-0.2, 0) is 0 Å². The van der Waals surface area contributed by atoms with Gasteiger partial charge in [0.1, 0.15) is 5.82 Å². The van der Waals surface area contributed by atoms with Crippen molar-refractivity contribution in [2.75, 3.05) is 11.1 Å². The summed E-state index contributed by atoms with van der Waals surface area (Å²) in [6.45, 7) is 1.70. The number of aromatic nitrogens is 2. The second kappa shape index (κ2) is 5.48. The summed E-state index contributed by atoms with van der Waals surface area (Å²) in [5, 5.41) is 3.16. The maximum atomic E-state index is 13.1. The molecule has 0 unspecified atom stereocenters.